The van der Waals surface area contributed by atoms with Crippen LogP contribution in [0.1, 0.15) is 24.0 Å². The number of hydrogen-bond acceptors (Lipinski definition) is 5. The highest BCUT2D eigenvalue weighted by Crippen LogP contribution is 2.44. The fourth-order valence-corrected chi connectivity index (χ4v) is 4.03. The molecule has 1 fully saturated rings. The van der Waals surface area contributed by atoms with Gasteiger partial charge in [0.25, 0.3) is 0 Å². The second-order valence-electron chi connectivity index (χ2n) is 7.71. The maximum atomic E-state index is 13.6. The van der Waals surface area contributed by atoms with Gasteiger partial charge in [-0.05, 0) is 11.6 Å². The molecule has 1 atom stereocenters. The molecule has 0 radical (unpaired) electrons. The van der Waals surface area contributed by atoms with E-state index in [0.29, 0.717) is 17.9 Å². The van der Waals surface area contributed by atoms with Crippen LogP contribution in [-0.2, 0) is 31.1 Å². The second kappa shape index (κ2) is 9.75. The monoisotopic (exact) mass is 424 g/mol. The summed E-state index contributed by atoms with van der Waals surface area (Å²) in [6.45, 7) is 0.803. The maximum Gasteiger partial charge on any atom is 0.241 e. The van der Waals surface area contributed by atoms with Gasteiger partial charge in [0.05, 0.1) is 25.7 Å². The van der Waals surface area contributed by atoms with Gasteiger partial charge in [0, 0.05) is 39.1 Å². The Hall–Kier alpha value is -3.19. The van der Waals surface area contributed by atoms with Crippen molar-refractivity contribution in [2.24, 2.45) is 0 Å². The van der Waals surface area contributed by atoms with Gasteiger partial charge in [-0.3, -0.25) is 19.3 Å². The van der Waals surface area contributed by atoms with Gasteiger partial charge in [-0.1, -0.05) is 48.5 Å². The first-order valence-electron chi connectivity index (χ1n) is 10.2. The van der Waals surface area contributed by atoms with Crippen molar-refractivity contribution < 1.29 is 23.9 Å². The summed E-state index contributed by atoms with van der Waals surface area (Å²) in [6.07, 6.45) is -0.203. The second-order valence-corrected chi connectivity index (χ2v) is 7.71. The van der Waals surface area contributed by atoms with Crippen LogP contribution in [0, 0.1) is 0 Å². The molecule has 3 amide bonds. The SMILES string of the molecule is COCCN1C(=O)C[C@](CC(=O)N(C)Cc2ccccc2)(c2ccccc2OC)C1=O. The third kappa shape index (κ3) is 4.61. The molecule has 2 aromatic carbocycles. The van der Waals surface area contributed by atoms with Gasteiger partial charge in [0.15, 0.2) is 0 Å². The summed E-state index contributed by atoms with van der Waals surface area (Å²) in [5.41, 5.74) is 0.233. The normalized spacial score (nSPS) is 18.4. The van der Waals surface area contributed by atoms with E-state index in [2.05, 4.69) is 0 Å². The molecule has 31 heavy (non-hydrogen) atoms. The number of methoxy groups -OCH3 is 2. The molecule has 1 saturated heterocycles. The van der Waals surface area contributed by atoms with Crippen molar-refractivity contribution in [2.75, 3.05) is 34.4 Å². The number of carbonyl (C=O) groups excluding carboxylic acids is 3. The van der Waals surface area contributed by atoms with Gasteiger partial charge in [-0.2, -0.15) is 0 Å². The fourth-order valence-electron chi connectivity index (χ4n) is 4.03. The third-order valence-electron chi connectivity index (χ3n) is 5.69. The standard InChI is InChI=1S/C24H28N2O5/c1-25(17-18-9-5-4-6-10-18)21(27)15-24(19-11-7-8-12-20(19)31-3)16-22(28)26(23(24)29)13-14-30-2/h4-12H,13-17H2,1-3H3/t24-/m1/s1. The van der Waals surface area contributed by atoms with E-state index < -0.39 is 5.41 Å². The molecule has 7 nitrogen and oxygen atoms in total. The molecule has 7 heteroatoms. The molecule has 1 heterocycles. The van der Waals surface area contributed by atoms with Crippen LogP contribution in [0.5, 0.6) is 5.75 Å². The Labute approximate surface area is 182 Å². The molecule has 0 spiro atoms. The third-order valence-corrected chi connectivity index (χ3v) is 5.69. The van der Waals surface area contributed by atoms with Gasteiger partial charge in [-0.15, -0.1) is 0 Å². The Kier molecular flexibility index (Phi) is 7.07. The summed E-state index contributed by atoms with van der Waals surface area (Å²) in [6, 6.07) is 16.7. The zero-order valence-electron chi connectivity index (χ0n) is 18.2. The Morgan fingerprint density at radius 3 is 2.42 bits per heavy atom. The Morgan fingerprint density at radius 2 is 1.74 bits per heavy atom. The minimum absolute atomic E-state index is 0.0825. The van der Waals surface area contributed by atoms with Crippen molar-refractivity contribution in [1.82, 2.24) is 9.80 Å². The molecule has 0 saturated carbocycles. The van der Waals surface area contributed by atoms with Crippen LogP contribution < -0.4 is 4.74 Å². The average Bonchev–Trinajstić information content (AvgIpc) is 3.02. The number of likely N-dealkylation sites (tertiary alicyclic amines) is 1. The number of amides is 3. The lowest BCUT2D eigenvalue weighted by atomic mass is 9.75. The van der Waals surface area contributed by atoms with Gasteiger partial charge >= 0.3 is 0 Å². The molecular weight excluding hydrogens is 396 g/mol. The number of carbonyl (C=O) groups is 3. The molecule has 1 aliphatic heterocycles. The molecule has 0 aliphatic carbocycles. The van der Waals surface area contributed by atoms with Gasteiger partial charge < -0.3 is 14.4 Å². The van der Waals surface area contributed by atoms with E-state index in [1.807, 2.05) is 30.3 Å². The van der Waals surface area contributed by atoms with Crippen LogP contribution in [0.25, 0.3) is 0 Å². The van der Waals surface area contributed by atoms with E-state index in [0.717, 1.165) is 5.56 Å². The van der Waals surface area contributed by atoms with E-state index in [4.69, 9.17) is 9.47 Å². The zero-order valence-corrected chi connectivity index (χ0v) is 18.2. The topological polar surface area (TPSA) is 76.2 Å². The minimum atomic E-state index is -1.31. The zero-order chi connectivity index (χ0) is 22.4. The predicted molar refractivity (Wildman–Crippen MR) is 115 cm³/mol. The van der Waals surface area contributed by atoms with Gasteiger partial charge in [0.1, 0.15) is 5.75 Å². The number of benzene rings is 2. The van der Waals surface area contributed by atoms with Crippen LogP contribution in [0.2, 0.25) is 0 Å². The highest BCUT2D eigenvalue weighted by molar-refractivity contribution is 6.11. The van der Waals surface area contributed by atoms with Gasteiger partial charge in [0.2, 0.25) is 17.7 Å². The Morgan fingerprint density at radius 1 is 1.06 bits per heavy atom. The lowest BCUT2D eigenvalue weighted by Gasteiger charge is -2.30. The van der Waals surface area contributed by atoms with E-state index in [-0.39, 0.29) is 43.7 Å². The minimum Gasteiger partial charge on any atom is -0.496 e. The molecule has 3 rings (SSSR count). The first-order chi connectivity index (χ1) is 14.9. The van der Waals surface area contributed by atoms with E-state index in [1.165, 1.54) is 19.1 Å². The number of nitrogens with zero attached hydrogens (tertiary/aromatic N) is 2. The Bertz CT molecular complexity index is 946. The summed E-state index contributed by atoms with van der Waals surface area (Å²) >= 11 is 0. The summed E-state index contributed by atoms with van der Waals surface area (Å²) in [5.74, 6) is -0.438. The lowest BCUT2D eigenvalue weighted by molar-refractivity contribution is -0.143. The average molecular weight is 424 g/mol. The van der Waals surface area contributed by atoms with Crippen molar-refractivity contribution in [3.63, 3.8) is 0 Å². The van der Waals surface area contributed by atoms with Crippen molar-refractivity contribution in [2.45, 2.75) is 24.8 Å². The number of rotatable bonds is 9. The van der Waals surface area contributed by atoms with Crippen molar-refractivity contribution in [3.05, 3.63) is 65.7 Å². The molecule has 0 bridgehead atoms. The number of hydrogen-bond donors (Lipinski definition) is 0. The summed E-state index contributed by atoms with van der Waals surface area (Å²) in [7, 11) is 4.73. The quantitative estimate of drug-likeness (QED) is 0.578. The molecule has 0 N–H and O–H groups in total. The van der Waals surface area contributed by atoms with Crippen LogP contribution >= 0.6 is 0 Å². The van der Waals surface area contributed by atoms with Gasteiger partial charge in [-0.25, -0.2) is 0 Å². The molecule has 0 aromatic heterocycles. The smallest absolute Gasteiger partial charge is 0.241 e. The summed E-state index contributed by atoms with van der Waals surface area (Å²) in [4.78, 5) is 42.4. The summed E-state index contributed by atoms with van der Waals surface area (Å²) < 4.78 is 10.5. The van der Waals surface area contributed by atoms with E-state index in [9.17, 15) is 14.4 Å². The molecule has 164 valence electrons. The largest absolute Gasteiger partial charge is 0.496 e. The van der Waals surface area contributed by atoms with E-state index in [1.54, 1.807) is 36.2 Å². The maximum absolute atomic E-state index is 13.6. The molecule has 1 aliphatic rings. The first-order valence-corrected chi connectivity index (χ1v) is 10.2. The van der Waals surface area contributed by atoms with Crippen LogP contribution in [0.3, 0.4) is 0 Å². The lowest BCUT2D eigenvalue weighted by Crippen LogP contribution is -2.43. The highest BCUT2D eigenvalue weighted by atomic mass is 16.5. The first kappa shape index (κ1) is 22.5. The van der Waals surface area contributed by atoms with Crippen molar-refractivity contribution in [1.29, 1.82) is 0 Å². The van der Waals surface area contributed by atoms with Crippen LogP contribution in [-0.4, -0.2) is 61.9 Å². The van der Waals surface area contributed by atoms with E-state index >= 15 is 0 Å². The highest BCUT2D eigenvalue weighted by Gasteiger charge is 2.55. The fraction of sp³-hybridized carbons (Fsp3) is 0.375. The molecule has 0 unspecified atom stereocenters. The van der Waals surface area contributed by atoms with Crippen molar-refractivity contribution in [3.8, 4) is 5.75 Å². The van der Waals surface area contributed by atoms with Crippen LogP contribution in [0.15, 0.2) is 54.6 Å². The number of ether oxygens (including phenoxy) is 2. The summed E-state index contributed by atoms with van der Waals surface area (Å²) in [5, 5.41) is 0. The number of imide groups is 1. The molecular formula is C24H28N2O5. The van der Waals surface area contributed by atoms with Crippen LogP contribution in [0.4, 0.5) is 0 Å². The predicted octanol–water partition coefficient (Wildman–Crippen LogP) is 2.39. The van der Waals surface area contributed by atoms with Crippen molar-refractivity contribution >= 4 is 17.7 Å². The molecule has 2 aromatic rings. The number of para-hydroxylation sites is 1. The Balaban J connectivity index is 1.94.